The number of methoxy groups -OCH3 is 1. The highest BCUT2D eigenvalue weighted by Gasteiger charge is 2.32. The monoisotopic (exact) mass is 476 g/mol. The van der Waals surface area contributed by atoms with Crippen LogP contribution in [0.4, 0.5) is 5.69 Å². The first kappa shape index (κ1) is 22.5. The number of anilines is 1. The number of hydrogen-bond acceptors (Lipinski definition) is 4. The molecule has 1 heterocycles. The molecule has 0 radical (unpaired) electrons. The van der Waals surface area contributed by atoms with Gasteiger partial charge in [0.2, 0.25) is 0 Å². The van der Waals surface area contributed by atoms with Crippen molar-refractivity contribution < 1.29 is 9.53 Å². The molecule has 1 aliphatic rings. The second-order valence-electron chi connectivity index (χ2n) is 7.29. The van der Waals surface area contributed by atoms with Crippen LogP contribution in [0.15, 0.2) is 83.5 Å². The second-order valence-corrected chi connectivity index (χ2v) is 8.14. The molecule has 4 rings (SSSR count). The van der Waals surface area contributed by atoms with Crippen molar-refractivity contribution in [3.63, 3.8) is 0 Å². The van der Waals surface area contributed by atoms with Gasteiger partial charge in [-0.2, -0.15) is 5.01 Å². The van der Waals surface area contributed by atoms with Gasteiger partial charge in [-0.3, -0.25) is 10.2 Å². The summed E-state index contributed by atoms with van der Waals surface area (Å²) < 4.78 is 5.40. The summed E-state index contributed by atoms with van der Waals surface area (Å²) in [4.78, 5) is 17.9. The van der Waals surface area contributed by atoms with Crippen molar-refractivity contribution in [2.75, 3.05) is 12.4 Å². The summed E-state index contributed by atoms with van der Waals surface area (Å²) in [6.07, 6.45) is 1.71. The molecule has 0 aromatic heterocycles. The minimum atomic E-state index is -0.329. The van der Waals surface area contributed by atoms with Crippen LogP contribution in [-0.4, -0.2) is 29.0 Å². The van der Waals surface area contributed by atoms with Gasteiger partial charge < -0.3 is 10.1 Å². The van der Waals surface area contributed by atoms with Crippen LogP contribution in [0.5, 0.6) is 5.75 Å². The number of hydrazine groups is 1. The van der Waals surface area contributed by atoms with Crippen LogP contribution in [-0.2, 0) is 4.79 Å². The van der Waals surface area contributed by atoms with Gasteiger partial charge in [0, 0.05) is 10.6 Å². The van der Waals surface area contributed by atoms with E-state index in [0.717, 1.165) is 16.7 Å². The van der Waals surface area contributed by atoms with Gasteiger partial charge in [0.1, 0.15) is 11.4 Å². The van der Waals surface area contributed by atoms with Crippen molar-refractivity contribution in [1.82, 2.24) is 10.4 Å². The van der Waals surface area contributed by atoms with E-state index in [4.69, 9.17) is 28.6 Å². The topological polar surface area (TPSA) is 66.0 Å². The zero-order valence-corrected chi connectivity index (χ0v) is 19.6. The number of carbonyl (C=O) groups is 1. The fourth-order valence-corrected chi connectivity index (χ4v) is 3.62. The summed E-state index contributed by atoms with van der Waals surface area (Å²) in [6, 6.07) is 22.3. The molecule has 3 aromatic carbocycles. The van der Waals surface area contributed by atoms with E-state index >= 15 is 0 Å². The lowest BCUT2D eigenvalue weighted by molar-refractivity contribution is -0.123. The lowest BCUT2D eigenvalue weighted by Gasteiger charge is -2.22. The standard InChI is InChI=1S/C25H21ClN4O2S/c1-16-8-13-22(32-2)20(14-16)28-25(33)29-30-23(18-6-4-3-5-7-18)27-21(24(30)31)15-17-9-11-19(26)12-10-17/h3-15H,1-2H3,(H2,28,29,33)/b21-15-. The van der Waals surface area contributed by atoms with Gasteiger partial charge in [-0.15, -0.1) is 0 Å². The van der Waals surface area contributed by atoms with Crippen LogP contribution >= 0.6 is 23.8 Å². The van der Waals surface area contributed by atoms with Crippen molar-refractivity contribution in [2.24, 2.45) is 4.99 Å². The lowest BCUT2D eigenvalue weighted by Crippen LogP contribution is -2.49. The molecule has 1 aliphatic heterocycles. The molecule has 33 heavy (non-hydrogen) atoms. The summed E-state index contributed by atoms with van der Waals surface area (Å²) in [5.74, 6) is 0.753. The first-order chi connectivity index (χ1) is 15.9. The van der Waals surface area contributed by atoms with Gasteiger partial charge in [0.05, 0.1) is 12.8 Å². The number of hydrogen-bond donors (Lipinski definition) is 2. The number of benzene rings is 3. The summed E-state index contributed by atoms with van der Waals surface area (Å²) in [6.45, 7) is 1.97. The molecular weight excluding hydrogens is 456 g/mol. The fraction of sp³-hybridized carbons (Fsp3) is 0.0800. The molecule has 0 atom stereocenters. The Kier molecular flexibility index (Phi) is 6.72. The molecule has 0 unspecified atom stereocenters. The number of nitrogens with one attached hydrogen (secondary N) is 2. The van der Waals surface area contributed by atoms with E-state index in [2.05, 4.69) is 15.7 Å². The molecular formula is C25H21ClN4O2S. The molecule has 3 aromatic rings. The summed E-state index contributed by atoms with van der Waals surface area (Å²) in [5, 5.41) is 5.29. The van der Waals surface area contributed by atoms with Crippen LogP contribution in [0.25, 0.3) is 6.08 Å². The number of aryl methyl sites for hydroxylation is 1. The van der Waals surface area contributed by atoms with Gasteiger partial charge in [-0.1, -0.05) is 60.1 Å². The molecule has 0 fully saturated rings. The highest BCUT2D eigenvalue weighted by Crippen LogP contribution is 2.26. The molecule has 1 amide bonds. The number of carbonyl (C=O) groups excluding carboxylic acids is 1. The van der Waals surface area contributed by atoms with Crippen LogP contribution in [0.2, 0.25) is 5.02 Å². The van der Waals surface area contributed by atoms with E-state index in [-0.39, 0.29) is 16.7 Å². The molecule has 0 aliphatic carbocycles. The number of ether oxygens (including phenoxy) is 1. The Bertz CT molecular complexity index is 1260. The average Bonchev–Trinajstić information content (AvgIpc) is 3.11. The predicted octanol–water partition coefficient (Wildman–Crippen LogP) is 5.19. The zero-order chi connectivity index (χ0) is 23.4. The molecule has 0 bridgehead atoms. The van der Waals surface area contributed by atoms with Gasteiger partial charge in [-0.05, 0) is 60.6 Å². The Balaban J connectivity index is 1.62. The third-order valence-corrected chi connectivity index (χ3v) is 5.33. The first-order valence-electron chi connectivity index (χ1n) is 10.1. The number of nitrogens with zero attached hydrogens (tertiary/aromatic N) is 2. The normalized spacial score (nSPS) is 14.3. The average molecular weight is 477 g/mol. The number of aliphatic imine (C=N–C) groups is 1. The van der Waals surface area contributed by atoms with Crippen molar-refractivity contribution in [1.29, 1.82) is 0 Å². The molecule has 166 valence electrons. The van der Waals surface area contributed by atoms with Gasteiger partial charge in [0.15, 0.2) is 10.9 Å². The maximum Gasteiger partial charge on any atom is 0.297 e. The number of amidine groups is 1. The Morgan fingerprint density at radius 2 is 1.82 bits per heavy atom. The summed E-state index contributed by atoms with van der Waals surface area (Å²) in [7, 11) is 1.59. The molecule has 8 heteroatoms. The van der Waals surface area contributed by atoms with Crippen molar-refractivity contribution in [2.45, 2.75) is 6.92 Å². The number of rotatable bonds is 5. The third-order valence-electron chi connectivity index (χ3n) is 4.88. The van der Waals surface area contributed by atoms with Crippen LogP contribution in [0.1, 0.15) is 16.7 Å². The highest BCUT2D eigenvalue weighted by molar-refractivity contribution is 7.80. The fourth-order valence-electron chi connectivity index (χ4n) is 3.29. The number of amides is 1. The SMILES string of the molecule is COc1ccc(C)cc1NC(=S)NN1C(=O)/C(=C/c2ccc(Cl)cc2)N=C1c1ccccc1. The van der Waals surface area contributed by atoms with E-state index in [1.807, 2.05) is 67.6 Å². The summed E-state index contributed by atoms with van der Waals surface area (Å²) in [5.41, 5.74) is 6.57. The molecule has 0 saturated heterocycles. The maximum atomic E-state index is 13.3. The van der Waals surface area contributed by atoms with Crippen molar-refractivity contribution >= 4 is 52.4 Å². The van der Waals surface area contributed by atoms with E-state index < -0.39 is 0 Å². The van der Waals surface area contributed by atoms with Gasteiger partial charge >= 0.3 is 0 Å². The Morgan fingerprint density at radius 3 is 2.52 bits per heavy atom. The lowest BCUT2D eigenvalue weighted by atomic mass is 10.2. The Labute approximate surface area is 202 Å². The smallest absolute Gasteiger partial charge is 0.297 e. The minimum Gasteiger partial charge on any atom is -0.495 e. The first-order valence-corrected chi connectivity index (χ1v) is 10.9. The summed E-state index contributed by atoms with van der Waals surface area (Å²) >= 11 is 11.5. The molecule has 0 saturated carbocycles. The predicted molar refractivity (Wildman–Crippen MR) is 136 cm³/mol. The Morgan fingerprint density at radius 1 is 1.09 bits per heavy atom. The highest BCUT2D eigenvalue weighted by atomic mass is 35.5. The largest absolute Gasteiger partial charge is 0.495 e. The molecule has 2 N–H and O–H groups in total. The van der Waals surface area contributed by atoms with Crippen LogP contribution in [0, 0.1) is 6.92 Å². The number of thiocarbonyl (C=S) groups is 1. The van der Waals surface area contributed by atoms with E-state index in [9.17, 15) is 4.79 Å². The number of halogens is 1. The minimum absolute atomic E-state index is 0.226. The Hall–Kier alpha value is -3.68. The van der Waals surface area contributed by atoms with E-state index in [1.54, 1.807) is 25.3 Å². The van der Waals surface area contributed by atoms with E-state index in [0.29, 0.717) is 22.3 Å². The molecule has 6 nitrogen and oxygen atoms in total. The third kappa shape index (κ3) is 5.22. The van der Waals surface area contributed by atoms with Crippen molar-refractivity contribution in [3.05, 3.63) is 100 Å². The maximum absolute atomic E-state index is 13.3. The molecule has 0 spiro atoms. The van der Waals surface area contributed by atoms with Gasteiger partial charge in [0.25, 0.3) is 5.91 Å². The van der Waals surface area contributed by atoms with Crippen LogP contribution < -0.4 is 15.5 Å². The zero-order valence-electron chi connectivity index (χ0n) is 18.0. The quantitative estimate of drug-likeness (QED) is 0.392. The van der Waals surface area contributed by atoms with Crippen LogP contribution in [0.3, 0.4) is 0 Å². The van der Waals surface area contributed by atoms with E-state index in [1.165, 1.54) is 5.01 Å². The second kappa shape index (κ2) is 9.85. The van der Waals surface area contributed by atoms with Crippen molar-refractivity contribution in [3.8, 4) is 5.75 Å². The van der Waals surface area contributed by atoms with Gasteiger partial charge in [-0.25, -0.2) is 4.99 Å².